The monoisotopic (exact) mass is 318 g/mol. The Kier molecular flexibility index (Phi) is 5.15. The number of H-pyrrole nitrogens is 1. The number of imidazole rings is 1. The van der Waals surface area contributed by atoms with Gasteiger partial charge < -0.3 is 0 Å². The highest BCUT2D eigenvalue weighted by Gasteiger charge is 2.16. The van der Waals surface area contributed by atoms with Crippen LogP contribution in [0, 0.1) is 0 Å². The molecule has 0 aliphatic carbocycles. The van der Waals surface area contributed by atoms with Crippen LogP contribution in [-0.2, 0) is 13.6 Å². The van der Waals surface area contributed by atoms with Crippen LogP contribution in [-0.4, -0.2) is 24.8 Å². The first-order chi connectivity index (χ1) is 11.0. The molecular formula is C15H22N6O2. The summed E-state index contributed by atoms with van der Waals surface area (Å²) < 4.78 is 2.95. The van der Waals surface area contributed by atoms with E-state index in [1.165, 1.54) is 4.57 Å². The Labute approximate surface area is 133 Å². The van der Waals surface area contributed by atoms with Crippen molar-refractivity contribution < 1.29 is 0 Å². The summed E-state index contributed by atoms with van der Waals surface area (Å²) in [5.41, 5.74) is 3.50. The molecule has 2 N–H and O–H groups in total. The SMILES string of the molecule is C=CCn1c(N/N=C(\C)CCCC)nc2c1c(=O)[nH]c(=O)n2C. The average molecular weight is 318 g/mol. The van der Waals surface area contributed by atoms with E-state index < -0.39 is 11.2 Å². The topological polar surface area (TPSA) is 97.1 Å². The van der Waals surface area contributed by atoms with Gasteiger partial charge in [-0.1, -0.05) is 19.4 Å². The number of nitrogens with one attached hydrogen (secondary N) is 2. The molecule has 0 unspecified atom stereocenters. The fourth-order valence-electron chi connectivity index (χ4n) is 2.26. The van der Waals surface area contributed by atoms with Crippen molar-refractivity contribution >= 4 is 22.8 Å². The van der Waals surface area contributed by atoms with Crippen LogP contribution in [0.15, 0.2) is 27.3 Å². The molecule has 0 spiro atoms. The van der Waals surface area contributed by atoms with Gasteiger partial charge in [0.25, 0.3) is 5.56 Å². The molecule has 2 aromatic heterocycles. The van der Waals surface area contributed by atoms with E-state index in [0.717, 1.165) is 25.0 Å². The minimum Gasteiger partial charge on any atom is -0.299 e. The van der Waals surface area contributed by atoms with Gasteiger partial charge in [0.15, 0.2) is 11.2 Å². The molecule has 8 nitrogen and oxygen atoms in total. The molecule has 2 rings (SSSR count). The Balaban J connectivity index is 2.51. The zero-order chi connectivity index (χ0) is 17.0. The maximum Gasteiger partial charge on any atom is 0.329 e. The van der Waals surface area contributed by atoms with Gasteiger partial charge in [-0.05, 0) is 19.8 Å². The molecule has 2 aromatic rings. The summed E-state index contributed by atoms with van der Waals surface area (Å²) in [5, 5.41) is 4.30. The predicted molar refractivity (Wildman–Crippen MR) is 92.0 cm³/mol. The number of allylic oxidation sites excluding steroid dienone is 1. The van der Waals surface area contributed by atoms with Gasteiger partial charge in [-0.25, -0.2) is 10.2 Å². The van der Waals surface area contributed by atoms with E-state index in [2.05, 4.69) is 34.0 Å². The second kappa shape index (κ2) is 7.08. The van der Waals surface area contributed by atoms with Gasteiger partial charge in [0, 0.05) is 19.3 Å². The molecule has 0 atom stereocenters. The molecule has 2 heterocycles. The predicted octanol–water partition coefficient (Wildman–Crippen LogP) is 1.59. The fourth-order valence-corrected chi connectivity index (χ4v) is 2.26. The van der Waals surface area contributed by atoms with Crippen molar-refractivity contribution in [2.45, 2.75) is 39.7 Å². The van der Waals surface area contributed by atoms with Crippen molar-refractivity contribution in [3.8, 4) is 0 Å². The molecule has 0 radical (unpaired) electrons. The van der Waals surface area contributed by atoms with Crippen LogP contribution in [0.4, 0.5) is 5.95 Å². The lowest BCUT2D eigenvalue weighted by Gasteiger charge is -2.05. The summed E-state index contributed by atoms with van der Waals surface area (Å²) in [6, 6.07) is 0. The van der Waals surface area contributed by atoms with Crippen molar-refractivity contribution in [1.29, 1.82) is 0 Å². The maximum atomic E-state index is 12.1. The Bertz CT molecular complexity index is 855. The molecule has 0 fully saturated rings. The van der Waals surface area contributed by atoms with E-state index in [1.807, 2.05) is 6.92 Å². The Morgan fingerprint density at radius 1 is 1.48 bits per heavy atom. The molecule has 124 valence electrons. The van der Waals surface area contributed by atoms with Gasteiger partial charge in [-0.15, -0.1) is 6.58 Å². The van der Waals surface area contributed by atoms with Gasteiger partial charge in [-0.2, -0.15) is 10.1 Å². The molecule has 0 saturated carbocycles. The molecule has 0 amide bonds. The minimum atomic E-state index is -0.500. The van der Waals surface area contributed by atoms with Gasteiger partial charge in [0.2, 0.25) is 5.95 Å². The molecule has 0 saturated heterocycles. The molecular weight excluding hydrogens is 296 g/mol. The van der Waals surface area contributed by atoms with Crippen LogP contribution in [0.1, 0.15) is 33.1 Å². The highest BCUT2D eigenvalue weighted by Crippen LogP contribution is 2.15. The van der Waals surface area contributed by atoms with E-state index in [9.17, 15) is 9.59 Å². The highest BCUT2D eigenvalue weighted by molar-refractivity contribution is 5.82. The first-order valence-electron chi connectivity index (χ1n) is 7.59. The first kappa shape index (κ1) is 16.7. The third-order valence-corrected chi connectivity index (χ3v) is 3.56. The summed E-state index contributed by atoms with van der Waals surface area (Å²) >= 11 is 0. The quantitative estimate of drug-likeness (QED) is 0.460. The Morgan fingerprint density at radius 3 is 2.87 bits per heavy atom. The summed E-state index contributed by atoms with van der Waals surface area (Å²) in [6.45, 7) is 8.13. The zero-order valence-corrected chi connectivity index (χ0v) is 13.7. The van der Waals surface area contributed by atoms with Crippen molar-refractivity contribution in [1.82, 2.24) is 19.1 Å². The molecule has 8 heteroatoms. The number of hydrogen-bond donors (Lipinski definition) is 2. The number of fused-ring (bicyclic) bond motifs is 1. The highest BCUT2D eigenvalue weighted by atomic mass is 16.2. The number of hydrogen-bond acceptors (Lipinski definition) is 5. The average Bonchev–Trinajstić information content (AvgIpc) is 2.88. The number of anilines is 1. The van der Waals surface area contributed by atoms with Gasteiger partial charge >= 0.3 is 5.69 Å². The van der Waals surface area contributed by atoms with Gasteiger partial charge in [0.1, 0.15) is 0 Å². The first-order valence-corrected chi connectivity index (χ1v) is 7.59. The Hall–Kier alpha value is -2.64. The summed E-state index contributed by atoms with van der Waals surface area (Å²) in [4.78, 5) is 30.4. The van der Waals surface area contributed by atoms with E-state index in [-0.39, 0.29) is 0 Å². The lowest BCUT2D eigenvalue weighted by atomic mass is 10.2. The van der Waals surface area contributed by atoms with Crippen molar-refractivity contribution in [2.75, 3.05) is 5.43 Å². The van der Waals surface area contributed by atoms with E-state index in [0.29, 0.717) is 23.7 Å². The van der Waals surface area contributed by atoms with Gasteiger partial charge in [0.05, 0.1) is 0 Å². The van der Waals surface area contributed by atoms with Gasteiger partial charge in [-0.3, -0.25) is 18.9 Å². The number of aromatic nitrogens is 4. The van der Waals surface area contributed by atoms with Crippen molar-refractivity contribution in [2.24, 2.45) is 12.1 Å². The second-order valence-corrected chi connectivity index (χ2v) is 5.39. The van der Waals surface area contributed by atoms with E-state index >= 15 is 0 Å². The lowest BCUT2D eigenvalue weighted by Crippen LogP contribution is -2.29. The zero-order valence-electron chi connectivity index (χ0n) is 13.7. The number of hydrazone groups is 1. The van der Waals surface area contributed by atoms with Crippen LogP contribution in [0.5, 0.6) is 0 Å². The second-order valence-electron chi connectivity index (χ2n) is 5.39. The standard InChI is InChI=1S/C15H22N6O2/c1-5-7-8-10(3)18-19-14-16-12-11(21(14)9-6-2)13(22)17-15(23)20(12)4/h6H,2,5,7-9H2,1,3-4H3,(H,16,19)(H,17,22,23)/b18-10+. The number of aryl methyl sites for hydroxylation is 1. The van der Waals surface area contributed by atoms with Crippen LogP contribution in [0.25, 0.3) is 11.2 Å². The smallest absolute Gasteiger partial charge is 0.299 e. The third kappa shape index (κ3) is 3.41. The molecule has 23 heavy (non-hydrogen) atoms. The summed E-state index contributed by atoms with van der Waals surface area (Å²) in [5.74, 6) is 0.405. The van der Waals surface area contributed by atoms with Crippen molar-refractivity contribution in [3.63, 3.8) is 0 Å². The lowest BCUT2D eigenvalue weighted by molar-refractivity contribution is 0.818. The number of unbranched alkanes of at least 4 members (excludes halogenated alkanes) is 1. The maximum absolute atomic E-state index is 12.1. The van der Waals surface area contributed by atoms with Crippen molar-refractivity contribution in [3.05, 3.63) is 33.5 Å². The summed E-state index contributed by atoms with van der Waals surface area (Å²) in [6.07, 6.45) is 4.71. The third-order valence-electron chi connectivity index (χ3n) is 3.56. The molecule has 0 bridgehead atoms. The largest absolute Gasteiger partial charge is 0.329 e. The summed E-state index contributed by atoms with van der Waals surface area (Å²) in [7, 11) is 1.56. The van der Waals surface area contributed by atoms with Crippen LogP contribution in [0.3, 0.4) is 0 Å². The van der Waals surface area contributed by atoms with Crippen LogP contribution in [0.2, 0.25) is 0 Å². The molecule has 0 aromatic carbocycles. The van der Waals surface area contributed by atoms with Crippen LogP contribution >= 0.6 is 0 Å². The van der Waals surface area contributed by atoms with E-state index in [1.54, 1.807) is 17.7 Å². The number of aromatic amines is 1. The number of rotatable bonds is 7. The van der Waals surface area contributed by atoms with E-state index in [4.69, 9.17) is 0 Å². The Morgan fingerprint density at radius 2 is 2.22 bits per heavy atom. The number of nitrogens with zero attached hydrogens (tertiary/aromatic N) is 4. The molecule has 0 aliphatic rings. The normalized spacial score (nSPS) is 11.9. The molecule has 0 aliphatic heterocycles. The minimum absolute atomic E-state index is 0.310. The van der Waals surface area contributed by atoms with Crippen LogP contribution < -0.4 is 16.7 Å². The fraction of sp³-hybridized carbons (Fsp3) is 0.467.